The normalized spacial score (nSPS) is 12.9. The van der Waals surface area contributed by atoms with Gasteiger partial charge in [-0.05, 0) is 56.8 Å². The van der Waals surface area contributed by atoms with Crippen molar-refractivity contribution in [1.29, 1.82) is 0 Å². The van der Waals surface area contributed by atoms with E-state index in [0.29, 0.717) is 34.5 Å². The van der Waals surface area contributed by atoms with Crippen molar-refractivity contribution in [2.75, 3.05) is 42.7 Å². The average Bonchev–Trinajstić information content (AvgIpc) is 2.82. The van der Waals surface area contributed by atoms with E-state index in [-0.39, 0.29) is 11.8 Å². The van der Waals surface area contributed by atoms with Gasteiger partial charge in [0.15, 0.2) is 23.0 Å². The van der Waals surface area contributed by atoms with Gasteiger partial charge < -0.3 is 28.4 Å². The van der Waals surface area contributed by atoms with Crippen LogP contribution in [0, 0.1) is 5.92 Å². The first kappa shape index (κ1) is 27.9. The van der Waals surface area contributed by atoms with Crippen molar-refractivity contribution in [1.82, 2.24) is 0 Å². The summed E-state index contributed by atoms with van der Waals surface area (Å²) in [7, 11) is 9.73. The first-order chi connectivity index (χ1) is 16.2. The lowest BCUT2D eigenvalue weighted by atomic mass is 9.80. The number of hydrogen-bond acceptors (Lipinski definition) is 6. The third-order valence-corrected chi connectivity index (χ3v) is 6.12. The van der Waals surface area contributed by atoms with Gasteiger partial charge in [0.05, 0.1) is 46.1 Å². The van der Waals surface area contributed by atoms with E-state index in [9.17, 15) is 0 Å². The van der Waals surface area contributed by atoms with E-state index in [0.717, 1.165) is 20.1 Å². The fourth-order valence-corrected chi connectivity index (χ4v) is 4.87. The molecule has 2 rings (SSSR count). The van der Waals surface area contributed by atoms with Crippen molar-refractivity contribution in [2.45, 2.75) is 19.8 Å². The van der Waals surface area contributed by atoms with E-state index in [1.54, 1.807) is 42.7 Å². The molecule has 0 bridgehead atoms. The number of rotatable bonds is 11. The third kappa shape index (κ3) is 6.42. The van der Waals surface area contributed by atoms with Crippen LogP contribution in [0.2, 0.25) is 0 Å². The number of benzene rings is 2. The van der Waals surface area contributed by atoms with Gasteiger partial charge in [-0.15, -0.1) is 0 Å². The summed E-state index contributed by atoms with van der Waals surface area (Å²) >= 11 is 7.02. The molecular weight excluding hydrogens is 568 g/mol. The highest BCUT2D eigenvalue weighted by Gasteiger charge is 2.26. The molecule has 0 radical (unpaired) electrons. The lowest BCUT2D eigenvalue weighted by Gasteiger charge is -2.27. The Morgan fingerprint density at radius 3 is 1.59 bits per heavy atom. The molecule has 0 spiro atoms. The van der Waals surface area contributed by atoms with Gasteiger partial charge in [0.2, 0.25) is 0 Å². The zero-order valence-electron chi connectivity index (χ0n) is 20.8. The van der Waals surface area contributed by atoms with E-state index < -0.39 is 0 Å². The van der Waals surface area contributed by atoms with Crippen molar-refractivity contribution < 1.29 is 28.4 Å². The van der Waals surface area contributed by atoms with Gasteiger partial charge in [0.1, 0.15) is 11.5 Å². The van der Waals surface area contributed by atoms with E-state index in [4.69, 9.17) is 28.4 Å². The lowest BCUT2D eigenvalue weighted by molar-refractivity contribution is 0.346. The Kier molecular flexibility index (Phi) is 10.6. The summed E-state index contributed by atoms with van der Waals surface area (Å²) in [5.74, 6) is 3.88. The summed E-state index contributed by atoms with van der Waals surface area (Å²) < 4.78 is 34.3. The van der Waals surface area contributed by atoms with Gasteiger partial charge in [-0.1, -0.05) is 24.6 Å². The fraction of sp³-hybridized carbons (Fsp3) is 0.385. The molecule has 0 aliphatic carbocycles. The Labute approximate surface area is 219 Å². The van der Waals surface area contributed by atoms with Crippen LogP contribution in [0.4, 0.5) is 0 Å². The molecule has 0 fully saturated rings. The topological polar surface area (TPSA) is 55.4 Å². The van der Waals surface area contributed by atoms with Crippen molar-refractivity contribution in [2.24, 2.45) is 5.92 Å². The highest BCUT2D eigenvalue weighted by molar-refractivity contribution is 9.28. The van der Waals surface area contributed by atoms with Crippen molar-refractivity contribution in [3.8, 4) is 34.5 Å². The zero-order valence-corrected chi connectivity index (χ0v) is 24.0. The molecule has 0 saturated carbocycles. The second-order valence-electron chi connectivity index (χ2n) is 7.58. The van der Waals surface area contributed by atoms with E-state index in [2.05, 4.69) is 57.9 Å². The smallest absolute Gasteiger partial charge is 0.164 e. The summed E-state index contributed by atoms with van der Waals surface area (Å²) in [6, 6.07) is 7.55. The van der Waals surface area contributed by atoms with Crippen molar-refractivity contribution >= 4 is 37.9 Å². The molecule has 6 nitrogen and oxygen atoms in total. The van der Waals surface area contributed by atoms with E-state index in [1.165, 1.54) is 0 Å². The Morgan fingerprint density at radius 2 is 1.12 bits per heavy atom. The second-order valence-corrected chi connectivity index (χ2v) is 10.4. The lowest BCUT2D eigenvalue weighted by Crippen LogP contribution is -2.12. The third-order valence-electron chi connectivity index (χ3n) is 5.60. The molecule has 0 aromatic heterocycles. The van der Waals surface area contributed by atoms with Crippen LogP contribution in [-0.4, -0.2) is 42.7 Å². The first-order valence-corrected chi connectivity index (χ1v) is 12.1. The molecule has 2 aromatic carbocycles. The van der Waals surface area contributed by atoms with Gasteiger partial charge in [-0.25, -0.2) is 0 Å². The molecule has 2 atom stereocenters. The van der Waals surface area contributed by atoms with Crippen molar-refractivity contribution in [3.05, 3.63) is 50.4 Å². The number of hydrogen-bond donors (Lipinski definition) is 0. The molecule has 2 aromatic rings. The highest BCUT2D eigenvalue weighted by Crippen LogP contribution is 2.45. The maximum absolute atomic E-state index is 5.77. The minimum atomic E-state index is -0.0577. The number of halogens is 2. The van der Waals surface area contributed by atoms with Crippen LogP contribution in [0.1, 0.15) is 30.9 Å². The van der Waals surface area contributed by atoms with Crippen LogP contribution < -0.4 is 28.4 Å². The van der Waals surface area contributed by atoms with Crippen LogP contribution in [0.5, 0.6) is 34.5 Å². The van der Waals surface area contributed by atoms with Crippen LogP contribution in [0.15, 0.2) is 39.3 Å². The summed E-state index contributed by atoms with van der Waals surface area (Å²) in [6.45, 7) is 4.23. The molecule has 0 amide bonds. The van der Waals surface area contributed by atoms with E-state index in [1.807, 2.05) is 24.3 Å². The Balaban J connectivity index is 2.77. The first-order valence-electron chi connectivity index (χ1n) is 10.5. The summed E-state index contributed by atoms with van der Waals surface area (Å²) in [5, 5.41) is 0. The van der Waals surface area contributed by atoms with Gasteiger partial charge in [-0.2, -0.15) is 0 Å². The predicted molar refractivity (Wildman–Crippen MR) is 144 cm³/mol. The average molecular weight is 600 g/mol. The molecule has 0 unspecified atom stereocenters. The summed E-state index contributed by atoms with van der Waals surface area (Å²) in [4.78, 5) is 0. The van der Waals surface area contributed by atoms with Gasteiger partial charge >= 0.3 is 0 Å². The van der Waals surface area contributed by atoms with Crippen LogP contribution in [-0.2, 0) is 0 Å². The molecule has 0 aliphatic rings. The van der Waals surface area contributed by atoms with Gasteiger partial charge in [-0.3, -0.25) is 0 Å². The van der Waals surface area contributed by atoms with Gasteiger partial charge in [0.25, 0.3) is 0 Å². The van der Waals surface area contributed by atoms with Gasteiger partial charge in [0, 0.05) is 29.2 Å². The SMILES string of the molecule is COc1cc(OC)c(OC)cc1/C=C(\C)[C@@H](c1cc(OC)c(OC)cc1OC)[C@@H](C)C=C(Br)Br. The number of ether oxygens (including phenoxy) is 6. The van der Waals surface area contributed by atoms with Crippen LogP contribution in [0.25, 0.3) is 6.08 Å². The molecular formula is C26H32Br2O6. The Hall–Kier alpha value is -2.32. The molecule has 0 N–H and O–H groups in total. The standard InChI is InChI=1S/C26H32Br2O6/c1-15(9-17-11-21(31-5)23(33-7)13-19(17)29-3)26(16(2)10-25(27)28)18-12-22(32-6)24(34-8)14-20(18)30-4/h9-14,16,26H,1-8H3/b15-9+/t16-,26+/m0/s1. The molecule has 186 valence electrons. The monoisotopic (exact) mass is 598 g/mol. The largest absolute Gasteiger partial charge is 0.496 e. The Morgan fingerprint density at radius 1 is 0.676 bits per heavy atom. The van der Waals surface area contributed by atoms with E-state index >= 15 is 0 Å². The summed E-state index contributed by atoms with van der Waals surface area (Å²) in [6.07, 6.45) is 4.19. The second kappa shape index (κ2) is 13.0. The quantitative estimate of drug-likeness (QED) is 0.272. The van der Waals surface area contributed by atoms with Crippen LogP contribution >= 0.6 is 31.9 Å². The molecule has 34 heavy (non-hydrogen) atoms. The Bertz CT molecular complexity index is 1040. The predicted octanol–water partition coefficient (Wildman–Crippen LogP) is 7.19. The number of allylic oxidation sites excluding steroid dienone is 2. The summed E-state index contributed by atoms with van der Waals surface area (Å²) in [5.41, 5.74) is 2.93. The van der Waals surface area contributed by atoms with Crippen molar-refractivity contribution in [3.63, 3.8) is 0 Å². The zero-order chi connectivity index (χ0) is 25.4. The minimum absolute atomic E-state index is 0.0577. The highest BCUT2D eigenvalue weighted by atomic mass is 79.9. The van der Waals surface area contributed by atoms with Crippen LogP contribution in [0.3, 0.4) is 0 Å². The maximum atomic E-state index is 5.77. The molecule has 0 saturated heterocycles. The maximum Gasteiger partial charge on any atom is 0.164 e. The molecule has 0 heterocycles. The fourth-order valence-electron chi connectivity index (χ4n) is 4.03. The molecule has 0 aliphatic heterocycles. The molecule has 8 heteroatoms. The number of methoxy groups -OCH3 is 6. The minimum Gasteiger partial charge on any atom is -0.496 e.